The van der Waals surface area contributed by atoms with E-state index in [1.807, 2.05) is 17.0 Å². The van der Waals surface area contributed by atoms with Gasteiger partial charge in [0.05, 0.1) is 12.5 Å². The Bertz CT molecular complexity index is 709. The molecule has 2 saturated heterocycles. The summed E-state index contributed by atoms with van der Waals surface area (Å²) in [4.78, 5) is 21.8. The Morgan fingerprint density at radius 1 is 1.45 bits per heavy atom. The lowest BCUT2D eigenvalue weighted by Crippen LogP contribution is -2.50. The number of fused-ring (bicyclic) bond motifs is 3. The highest BCUT2D eigenvalue weighted by Gasteiger charge is 2.43. The van der Waals surface area contributed by atoms with Gasteiger partial charge in [0.1, 0.15) is 5.69 Å². The second kappa shape index (κ2) is 5.09. The number of carbonyl (C=O) groups excluding carboxylic acids is 1. The fraction of sp³-hybridized carbons (Fsp3) is 0.529. The Hall–Kier alpha value is -1.88. The number of piperidine rings is 1. The molecule has 2 aliphatic heterocycles. The van der Waals surface area contributed by atoms with E-state index >= 15 is 0 Å². The zero-order valence-electron chi connectivity index (χ0n) is 13.0. The molecule has 0 aromatic carbocycles. The Balaban J connectivity index is 1.65. The molecule has 4 heterocycles. The molecule has 0 saturated carbocycles. The standard InChI is InChI=1S/C17H21N3O2/c1-11(2)20(15-10-19-5-3-13(15)9-19)17(21)14-7-12-4-6-22-16(12)8-18-14/h4,6-8,11,13,15H,3,5,9-10H2,1-2H3/t13-,15-/m0/s1. The van der Waals surface area contributed by atoms with Gasteiger partial charge in [-0.25, -0.2) is 4.98 Å². The van der Waals surface area contributed by atoms with Crippen molar-refractivity contribution >= 4 is 16.9 Å². The number of rotatable bonds is 3. The molecule has 2 aromatic rings. The van der Waals surface area contributed by atoms with E-state index in [0.29, 0.717) is 17.7 Å². The maximum absolute atomic E-state index is 13.0. The lowest BCUT2D eigenvalue weighted by Gasteiger charge is -2.37. The van der Waals surface area contributed by atoms with Crippen molar-refractivity contribution in [3.05, 3.63) is 30.3 Å². The van der Waals surface area contributed by atoms with Crippen LogP contribution >= 0.6 is 0 Å². The van der Waals surface area contributed by atoms with Crippen LogP contribution in [0.2, 0.25) is 0 Å². The summed E-state index contributed by atoms with van der Waals surface area (Å²) in [7, 11) is 0. The van der Waals surface area contributed by atoms with Gasteiger partial charge < -0.3 is 14.2 Å². The Morgan fingerprint density at radius 2 is 2.32 bits per heavy atom. The zero-order valence-corrected chi connectivity index (χ0v) is 13.0. The largest absolute Gasteiger partial charge is 0.463 e. The normalized spacial score (nSPS) is 27.0. The second-order valence-electron chi connectivity index (χ2n) is 6.71. The third-order valence-electron chi connectivity index (χ3n) is 5.01. The van der Waals surface area contributed by atoms with Gasteiger partial charge in [-0.3, -0.25) is 4.79 Å². The summed E-state index contributed by atoms with van der Waals surface area (Å²) in [5, 5.41) is 0.929. The van der Waals surface area contributed by atoms with Crippen LogP contribution < -0.4 is 0 Å². The van der Waals surface area contributed by atoms with Crippen LogP contribution in [0, 0.1) is 5.92 Å². The highest BCUT2D eigenvalue weighted by atomic mass is 16.3. The van der Waals surface area contributed by atoms with Crippen LogP contribution in [0.15, 0.2) is 29.0 Å². The molecular formula is C17H21N3O2. The summed E-state index contributed by atoms with van der Waals surface area (Å²) in [6.45, 7) is 7.50. The molecule has 1 unspecified atom stereocenters. The van der Waals surface area contributed by atoms with Crippen molar-refractivity contribution in [1.29, 1.82) is 0 Å². The van der Waals surface area contributed by atoms with E-state index in [4.69, 9.17) is 4.42 Å². The molecule has 2 aliphatic rings. The monoisotopic (exact) mass is 299 g/mol. The maximum atomic E-state index is 13.0. The van der Waals surface area contributed by atoms with Gasteiger partial charge in [-0.15, -0.1) is 0 Å². The summed E-state index contributed by atoms with van der Waals surface area (Å²) in [5.74, 6) is 0.654. The molecule has 2 aromatic heterocycles. The van der Waals surface area contributed by atoms with Crippen molar-refractivity contribution in [3.8, 4) is 0 Å². The van der Waals surface area contributed by atoms with Gasteiger partial charge in [0.25, 0.3) is 5.91 Å². The molecule has 1 amide bonds. The molecule has 0 aliphatic carbocycles. The molecule has 0 N–H and O–H groups in total. The van der Waals surface area contributed by atoms with Crippen LogP contribution in [-0.4, -0.2) is 52.4 Å². The molecule has 3 atom stereocenters. The topological polar surface area (TPSA) is 49.6 Å². The zero-order chi connectivity index (χ0) is 15.3. The number of furan rings is 1. The third kappa shape index (κ3) is 2.11. The molecule has 22 heavy (non-hydrogen) atoms. The predicted molar refractivity (Wildman–Crippen MR) is 83.6 cm³/mol. The third-order valence-corrected chi connectivity index (χ3v) is 5.01. The van der Waals surface area contributed by atoms with E-state index in [-0.39, 0.29) is 11.9 Å². The van der Waals surface area contributed by atoms with Crippen molar-refractivity contribution in [2.75, 3.05) is 19.6 Å². The molecule has 5 nitrogen and oxygen atoms in total. The van der Waals surface area contributed by atoms with E-state index in [0.717, 1.165) is 24.1 Å². The van der Waals surface area contributed by atoms with Crippen molar-refractivity contribution in [2.24, 2.45) is 5.92 Å². The van der Waals surface area contributed by atoms with Crippen molar-refractivity contribution < 1.29 is 9.21 Å². The van der Waals surface area contributed by atoms with Gasteiger partial charge in [0.2, 0.25) is 0 Å². The summed E-state index contributed by atoms with van der Waals surface area (Å²) >= 11 is 0. The average molecular weight is 299 g/mol. The summed E-state index contributed by atoms with van der Waals surface area (Å²) in [6.07, 6.45) is 4.48. The van der Waals surface area contributed by atoms with Gasteiger partial charge in [-0.05, 0) is 44.9 Å². The van der Waals surface area contributed by atoms with Crippen molar-refractivity contribution in [1.82, 2.24) is 14.8 Å². The number of carbonyl (C=O) groups is 1. The molecule has 2 fully saturated rings. The molecule has 2 bridgehead atoms. The molecule has 116 valence electrons. The summed E-state index contributed by atoms with van der Waals surface area (Å²) < 4.78 is 5.31. The lowest BCUT2D eigenvalue weighted by molar-refractivity contribution is 0.0532. The van der Waals surface area contributed by atoms with E-state index in [9.17, 15) is 4.79 Å². The van der Waals surface area contributed by atoms with Crippen molar-refractivity contribution in [2.45, 2.75) is 32.4 Å². The van der Waals surface area contributed by atoms with Crippen LogP contribution in [0.3, 0.4) is 0 Å². The van der Waals surface area contributed by atoms with E-state index in [2.05, 4.69) is 23.7 Å². The fourth-order valence-corrected chi connectivity index (χ4v) is 3.96. The number of hydrogen-bond acceptors (Lipinski definition) is 4. The summed E-state index contributed by atoms with van der Waals surface area (Å²) in [5.41, 5.74) is 1.24. The average Bonchev–Trinajstić information content (AvgIpc) is 3.22. The van der Waals surface area contributed by atoms with Gasteiger partial charge in [0.15, 0.2) is 5.58 Å². The lowest BCUT2D eigenvalue weighted by atomic mass is 9.96. The molecule has 0 radical (unpaired) electrons. The van der Waals surface area contributed by atoms with Crippen LogP contribution in [0.5, 0.6) is 0 Å². The first-order valence-electron chi connectivity index (χ1n) is 8.02. The summed E-state index contributed by atoms with van der Waals surface area (Å²) in [6, 6.07) is 4.21. The Kier molecular flexibility index (Phi) is 3.18. The maximum Gasteiger partial charge on any atom is 0.273 e. The molecule has 5 heteroatoms. The predicted octanol–water partition coefficient (Wildman–Crippen LogP) is 2.38. The first-order valence-corrected chi connectivity index (χ1v) is 8.02. The van der Waals surface area contributed by atoms with Crippen LogP contribution in [0.4, 0.5) is 0 Å². The SMILES string of the molecule is CC(C)N(C(=O)c1cc2ccoc2cn1)[C@H]1CN2CC[C@H]1C2. The van der Waals surface area contributed by atoms with Crippen LogP contribution in [0.1, 0.15) is 30.8 Å². The minimum Gasteiger partial charge on any atom is -0.463 e. The van der Waals surface area contributed by atoms with Crippen molar-refractivity contribution in [3.63, 3.8) is 0 Å². The number of nitrogens with zero attached hydrogens (tertiary/aromatic N) is 3. The van der Waals surface area contributed by atoms with E-state index < -0.39 is 0 Å². The van der Waals surface area contributed by atoms with Crippen LogP contribution in [-0.2, 0) is 0 Å². The van der Waals surface area contributed by atoms with Crippen LogP contribution in [0.25, 0.3) is 11.0 Å². The first-order chi connectivity index (χ1) is 10.6. The van der Waals surface area contributed by atoms with Gasteiger partial charge >= 0.3 is 0 Å². The highest BCUT2D eigenvalue weighted by Crippen LogP contribution is 2.33. The van der Waals surface area contributed by atoms with Gasteiger partial charge in [-0.1, -0.05) is 0 Å². The van der Waals surface area contributed by atoms with Gasteiger partial charge in [-0.2, -0.15) is 0 Å². The first kappa shape index (κ1) is 13.8. The molecule has 4 rings (SSSR count). The van der Waals surface area contributed by atoms with E-state index in [1.54, 1.807) is 12.5 Å². The number of amides is 1. The minimum atomic E-state index is 0.0387. The minimum absolute atomic E-state index is 0.0387. The smallest absolute Gasteiger partial charge is 0.273 e. The Labute approximate surface area is 129 Å². The highest BCUT2D eigenvalue weighted by molar-refractivity contribution is 5.96. The second-order valence-corrected chi connectivity index (χ2v) is 6.71. The number of pyridine rings is 1. The van der Waals surface area contributed by atoms with E-state index in [1.165, 1.54) is 13.0 Å². The molecule has 0 spiro atoms. The number of hydrogen-bond donors (Lipinski definition) is 0. The fourth-order valence-electron chi connectivity index (χ4n) is 3.96. The number of aromatic nitrogens is 1. The Morgan fingerprint density at radius 3 is 3.00 bits per heavy atom. The molecular weight excluding hydrogens is 278 g/mol. The quantitative estimate of drug-likeness (QED) is 0.873. The van der Waals surface area contributed by atoms with Gasteiger partial charge in [0, 0.05) is 30.6 Å².